The fourth-order valence-electron chi connectivity index (χ4n) is 1.42. The van der Waals surface area contributed by atoms with E-state index >= 15 is 0 Å². The van der Waals surface area contributed by atoms with Crippen molar-refractivity contribution in [1.82, 2.24) is 25.5 Å². The number of nitrogens with one attached hydrogen (secondary N) is 1. The van der Waals surface area contributed by atoms with Gasteiger partial charge in [-0.15, -0.1) is 10.2 Å². The summed E-state index contributed by atoms with van der Waals surface area (Å²) in [5, 5.41) is 14.8. The first-order valence-corrected chi connectivity index (χ1v) is 6.17. The molecule has 0 radical (unpaired) electrons. The summed E-state index contributed by atoms with van der Waals surface area (Å²) in [7, 11) is 0. The first kappa shape index (κ1) is 12.8. The lowest BCUT2D eigenvalue weighted by molar-refractivity contribution is 0.130. The molecule has 1 aromatic rings. The van der Waals surface area contributed by atoms with Gasteiger partial charge in [-0.25, -0.2) is 4.79 Å². The number of nitrogens with zero attached hydrogens (tertiary/aromatic N) is 4. The van der Waals surface area contributed by atoms with Gasteiger partial charge in [-0.2, -0.15) is 4.80 Å². The molecule has 0 atom stereocenters. The van der Waals surface area contributed by atoms with Crippen LogP contribution in [0.2, 0.25) is 0 Å². The molecule has 0 spiro atoms. The molecule has 18 heavy (non-hydrogen) atoms. The van der Waals surface area contributed by atoms with Crippen LogP contribution in [0.3, 0.4) is 0 Å². The maximum Gasteiger partial charge on any atom is 0.407 e. The van der Waals surface area contributed by atoms with E-state index in [-0.39, 0.29) is 12.1 Å². The predicted octanol–water partition coefficient (Wildman–Crippen LogP) is 1.08. The largest absolute Gasteiger partial charge is 0.448 e. The molecule has 0 saturated heterocycles. The lowest BCUT2D eigenvalue weighted by atomic mass is 10.1. The van der Waals surface area contributed by atoms with Gasteiger partial charge in [0.05, 0.1) is 6.54 Å². The van der Waals surface area contributed by atoms with E-state index in [0.29, 0.717) is 12.5 Å². The Kier molecular flexibility index (Phi) is 3.49. The minimum absolute atomic E-state index is 0.238. The molecule has 7 nitrogen and oxygen atoms in total. The third-order valence-corrected chi connectivity index (χ3v) is 2.41. The van der Waals surface area contributed by atoms with Crippen LogP contribution in [0.5, 0.6) is 0 Å². The number of carbonyl (C=O) groups is 1. The van der Waals surface area contributed by atoms with E-state index in [4.69, 9.17) is 4.74 Å². The summed E-state index contributed by atoms with van der Waals surface area (Å²) < 4.78 is 5.03. The topological polar surface area (TPSA) is 81.9 Å². The van der Waals surface area contributed by atoms with Gasteiger partial charge in [0.2, 0.25) is 0 Å². The zero-order valence-corrected chi connectivity index (χ0v) is 11.0. The monoisotopic (exact) mass is 253 g/mol. The van der Waals surface area contributed by atoms with Crippen LogP contribution in [0.1, 0.15) is 45.4 Å². The third-order valence-electron chi connectivity index (χ3n) is 2.41. The number of alkyl carbamates (subject to hydrolysis) is 1. The number of carbonyl (C=O) groups excluding carboxylic acids is 1. The van der Waals surface area contributed by atoms with Crippen molar-refractivity contribution in [2.45, 2.75) is 51.6 Å². The van der Waals surface area contributed by atoms with E-state index in [0.717, 1.165) is 18.7 Å². The summed E-state index contributed by atoms with van der Waals surface area (Å²) in [6, 6.07) is 0. The molecular formula is C11H19N5O2. The van der Waals surface area contributed by atoms with Crippen molar-refractivity contribution < 1.29 is 9.53 Å². The molecule has 7 heteroatoms. The Hall–Kier alpha value is -1.66. The lowest BCUT2D eigenvalue weighted by Crippen LogP contribution is -2.41. The van der Waals surface area contributed by atoms with Crippen LogP contribution in [0, 0.1) is 0 Å². The van der Waals surface area contributed by atoms with E-state index < -0.39 is 6.09 Å². The number of tetrazole rings is 1. The van der Waals surface area contributed by atoms with Crippen LogP contribution < -0.4 is 5.32 Å². The van der Waals surface area contributed by atoms with Crippen LogP contribution >= 0.6 is 0 Å². The van der Waals surface area contributed by atoms with E-state index in [9.17, 15) is 4.79 Å². The Morgan fingerprint density at radius 1 is 1.50 bits per heavy atom. The molecular weight excluding hydrogens is 234 g/mol. The first-order valence-electron chi connectivity index (χ1n) is 6.17. The van der Waals surface area contributed by atoms with Crippen molar-refractivity contribution in [2.24, 2.45) is 0 Å². The van der Waals surface area contributed by atoms with Crippen LogP contribution in [0.4, 0.5) is 4.79 Å². The van der Waals surface area contributed by atoms with Crippen LogP contribution in [0.25, 0.3) is 0 Å². The summed E-state index contributed by atoms with van der Waals surface area (Å²) in [5.74, 6) is 1.29. The maximum atomic E-state index is 11.4. The van der Waals surface area contributed by atoms with E-state index in [2.05, 4.69) is 20.7 Å². The fourth-order valence-corrected chi connectivity index (χ4v) is 1.42. The highest BCUT2D eigenvalue weighted by Crippen LogP contribution is 2.37. The fraction of sp³-hybridized carbons (Fsp3) is 0.818. The van der Waals surface area contributed by atoms with E-state index in [1.807, 2.05) is 20.8 Å². The molecule has 1 heterocycles. The molecule has 1 aliphatic rings. The lowest BCUT2D eigenvalue weighted by Gasteiger charge is -2.19. The summed E-state index contributed by atoms with van der Waals surface area (Å²) in [6.07, 6.45) is 1.87. The summed E-state index contributed by atoms with van der Waals surface area (Å²) in [6.45, 7) is 6.36. The Labute approximate surface area is 106 Å². The van der Waals surface area contributed by atoms with Gasteiger partial charge in [0.15, 0.2) is 5.82 Å². The van der Waals surface area contributed by atoms with Gasteiger partial charge in [0.25, 0.3) is 0 Å². The Morgan fingerprint density at radius 3 is 2.83 bits per heavy atom. The normalized spacial score (nSPS) is 15.5. The molecule has 0 aliphatic heterocycles. The molecule has 1 N–H and O–H groups in total. The van der Waals surface area contributed by atoms with Gasteiger partial charge in [0.1, 0.15) is 6.61 Å². The summed E-state index contributed by atoms with van der Waals surface area (Å²) in [5.41, 5.74) is -0.290. The van der Waals surface area contributed by atoms with Crippen LogP contribution in [-0.2, 0) is 11.3 Å². The molecule has 1 aromatic heterocycles. The molecule has 100 valence electrons. The Balaban J connectivity index is 1.69. The average Bonchev–Trinajstić information content (AvgIpc) is 2.97. The second kappa shape index (κ2) is 4.91. The minimum atomic E-state index is -0.426. The van der Waals surface area contributed by atoms with Gasteiger partial charge in [-0.1, -0.05) is 0 Å². The Bertz CT molecular complexity index is 419. The second-order valence-electron chi connectivity index (χ2n) is 5.53. The van der Waals surface area contributed by atoms with Gasteiger partial charge in [-0.05, 0) is 38.8 Å². The van der Waals surface area contributed by atoms with Gasteiger partial charge >= 0.3 is 6.09 Å². The third kappa shape index (κ3) is 3.97. The second-order valence-corrected chi connectivity index (χ2v) is 5.53. The predicted molar refractivity (Wildman–Crippen MR) is 64.0 cm³/mol. The van der Waals surface area contributed by atoms with Crippen molar-refractivity contribution >= 4 is 6.09 Å². The average molecular weight is 253 g/mol. The molecule has 1 saturated carbocycles. The zero-order valence-electron chi connectivity index (χ0n) is 11.0. The highest BCUT2D eigenvalue weighted by atomic mass is 16.5. The SMILES string of the molecule is CC(C)(C)NC(=O)OCCn1nnc(C2CC2)n1. The molecule has 1 amide bonds. The highest BCUT2D eigenvalue weighted by molar-refractivity contribution is 5.67. The van der Waals surface area contributed by atoms with Crippen molar-refractivity contribution in [3.05, 3.63) is 5.82 Å². The van der Waals surface area contributed by atoms with Crippen molar-refractivity contribution in [2.75, 3.05) is 6.61 Å². The number of hydrogen-bond donors (Lipinski definition) is 1. The van der Waals surface area contributed by atoms with Crippen molar-refractivity contribution in [3.8, 4) is 0 Å². The molecule has 2 rings (SSSR count). The number of amides is 1. The van der Waals surface area contributed by atoms with Crippen molar-refractivity contribution in [1.29, 1.82) is 0 Å². The quantitative estimate of drug-likeness (QED) is 0.868. The first-order chi connectivity index (χ1) is 8.44. The molecule has 1 aliphatic carbocycles. The zero-order chi connectivity index (χ0) is 13.2. The van der Waals surface area contributed by atoms with Crippen molar-refractivity contribution in [3.63, 3.8) is 0 Å². The number of aromatic nitrogens is 4. The highest BCUT2D eigenvalue weighted by Gasteiger charge is 2.28. The summed E-state index contributed by atoms with van der Waals surface area (Å²) in [4.78, 5) is 12.8. The van der Waals surface area contributed by atoms with Crippen LogP contribution in [0.15, 0.2) is 0 Å². The Morgan fingerprint density at radius 2 is 2.22 bits per heavy atom. The number of hydrogen-bond acceptors (Lipinski definition) is 5. The van der Waals surface area contributed by atoms with Gasteiger partial charge in [-0.3, -0.25) is 0 Å². The molecule has 0 bridgehead atoms. The number of rotatable bonds is 4. The van der Waals surface area contributed by atoms with E-state index in [1.54, 1.807) is 0 Å². The minimum Gasteiger partial charge on any atom is -0.448 e. The maximum absolute atomic E-state index is 11.4. The molecule has 1 fully saturated rings. The molecule has 0 aromatic carbocycles. The number of ether oxygens (including phenoxy) is 1. The standard InChI is InChI=1S/C11H19N5O2/c1-11(2,3)12-10(17)18-7-6-16-14-9(13-15-16)8-4-5-8/h8H,4-7H2,1-3H3,(H,12,17). The van der Waals surface area contributed by atoms with Crippen LogP contribution in [-0.4, -0.2) is 38.4 Å². The summed E-state index contributed by atoms with van der Waals surface area (Å²) >= 11 is 0. The van der Waals surface area contributed by atoms with Gasteiger partial charge < -0.3 is 10.1 Å². The van der Waals surface area contributed by atoms with Gasteiger partial charge in [0, 0.05) is 11.5 Å². The van der Waals surface area contributed by atoms with E-state index in [1.165, 1.54) is 4.80 Å². The molecule has 0 unspecified atom stereocenters. The smallest absolute Gasteiger partial charge is 0.407 e.